The number of anilines is 1. The van der Waals surface area contributed by atoms with Gasteiger partial charge in [-0.15, -0.1) is 0 Å². The summed E-state index contributed by atoms with van der Waals surface area (Å²) in [6.07, 6.45) is 3.88. The number of rotatable bonds is 8. The molecule has 2 aromatic carbocycles. The lowest BCUT2D eigenvalue weighted by molar-refractivity contribution is -0.116. The average Bonchev–Trinajstić information content (AvgIpc) is 3.10. The van der Waals surface area contributed by atoms with Crippen molar-refractivity contribution in [1.29, 1.82) is 0 Å². The molecule has 0 atom stereocenters. The van der Waals surface area contributed by atoms with Crippen molar-refractivity contribution in [3.05, 3.63) is 59.7 Å². The molecule has 3 rings (SSSR count). The Morgan fingerprint density at radius 2 is 1.64 bits per heavy atom. The molecular weight excluding hydrogens is 440 g/mol. The van der Waals surface area contributed by atoms with Crippen molar-refractivity contribution in [2.75, 3.05) is 25.0 Å². The van der Waals surface area contributed by atoms with Gasteiger partial charge >= 0.3 is 6.03 Å². The molecule has 9 heteroatoms. The van der Waals surface area contributed by atoms with E-state index >= 15 is 0 Å². The first-order valence-electron chi connectivity index (χ1n) is 11.3. The molecular formula is C24H32N4O4S. The summed E-state index contributed by atoms with van der Waals surface area (Å²) in [5.41, 5.74) is 2.05. The zero-order valence-corrected chi connectivity index (χ0v) is 19.8. The van der Waals surface area contributed by atoms with Gasteiger partial charge in [0.05, 0.1) is 4.90 Å². The first-order valence-corrected chi connectivity index (χ1v) is 12.8. The molecule has 33 heavy (non-hydrogen) atoms. The smallest absolute Gasteiger partial charge is 0.315 e. The molecule has 1 heterocycles. The summed E-state index contributed by atoms with van der Waals surface area (Å²) in [6, 6.07) is 14.1. The molecule has 3 amide bonds. The monoisotopic (exact) mass is 472 g/mol. The highest BCUT2D eigenvalue weighted by molar-refractivity contribution is 7.89. The van der Waals surface area contributed by atoms with Crippen LogP contribution in [0.5, 0.6) is 0 Å². The zero-order valence-electron chi connectivity index (χ0n) is 19.0. The highest BCUT2D eigenvalue weighted by atomic mass is 32.2. The van der Waals surface area contributed by atoms with E-state index in [-0.39, 0.29) is 29.8 Å². The fourth-order valence-electron chi connectivity index (χ4n) is 3.73. The predicted molar refractivity (Wildman–Crippen MR) is 128 cm³/mol. The molecule has 0 unspecified atom stereocenters. The summed E-state index contributed by atoms with van der Waals surface area (Å²) in [4.78, 5) is 24.4. The number of hydrogen-bond donors (Lipinski definition) is 3. The lowest BCUT2D eigenvalue weighted by Gasteiger charge is -2.21. The summed E-state index contributed by atoms with van der Waals surface area (Å²) >= 11 is 0. The third kappa shape index (κ3) is 7.30. The third-order valence-corrected chi connectivity index (χ3v) is 7.63. The van der Waals surface area contributed by atoms with Crippen molar-refractivity contribution in [3.63, 3.8) is 0 Å². The molecule has 1 fully saturated rings. The van der Waals surface area contributed by atoms with Crippen LogP contribution < -0.4 is 16.0 Å². The second-order valence-corrected chi connectivity index (χ2v) is 10.1. The van der Waals surface area contributed by atoms with Gasteiger partial charge in [0.1, 0.15) is 0 Å². The van der Waals surface area contributed by atoms with Crippen LogP contribution in [0.25, 0.3) is 0 Å². The lowest BCUT2D eigenvalue weighted by Crippen LogP contribution is -2.36. The predicted octanol–water partition coefficient (Wildman–Crippen LogP) is 3.39. The van der Waals surface area contributed by atoms with Crippen LogP contribution >= 0.6 is 0 Å². The molecule has 0 aliphatic carbocycles. The number of urea groups is 1. The first-order chi connectivity index (χ1) is 15.9. The molecule has 0 radical (unpaired) electrons. The van der Waals surface area contributed by atoms with Gasteiger partial charge in [-0.3, -0.25) is 4.79 Å². The Morgan fingerprint density at radius 3 is 2.33 bits per heavy atom. The summed E-state index contributed by atoms with van der Waals surface area (Å²) < 4.78 is 27.9. The van der Waals surface area contributed by atoms with E-state index in [1.165, 1.54) is 6.07 Å². The quantitative estimate of drug-likeness (QED) is 0.547. The van der Waals surface area contributed by atoms with Crippen LogP contribution in [0.15, 0.2) is 53.4 Å². The minimum Gasteiger partial charge on any atom is -0.338 e. The molecule has 0 spiro atoms. The number of benzene rings is 2. The number of hydrogen-bond acceptors (Lipinski definition) is 4. The minimum absolute atomic E-state index is 0.0703. The minimum atomic E-state index is -3.62. The molecule has 2 aromatic rings. The maximum Gasteiger partial charge on any atom is 0.315 e. The van der Waals surface area contributed by atoms with Crippen LogP contribution in [0.4, 0.5) is 10.5 Å². The average molecular weight is 473 g/mol. The molecule has 1 aliphatic heterocycles. The summed E-state index contributed by atoms with van der Waals surface area (Å²) in [5, 5.41) is 8.12. The van der Waals surface area contributed by atoms with Gasteiger partial charge in [-0.1, -0.05) is 49.2 Å². The highest BCUT2D eigenvalue weighted by Gasteiger charge is 2.27. The molecule has 1 aliphatic rings. The lowest BCUT2D eigenvalue weighted by atomic mass is 10.2. The Hall–Kier alpha value is -2.91. The van der Waals surface area contributed by atoms with E-state index < -0.39 is 10.0 Å². The number of nitrogens with zero attached hydrogens (tertiary/aromatic N) is 1. The second kappa shape index (κ2) is 11.8. The van der Waals surface area contributed by atoms with E-state index in [0.29, 0.717) is 30.9 Å². The highest BCUT2D eigenvalue weighted by Crippen LogP contribution is 2.25. The van der Waals surface area contributed by atoms with Crippen molar-refractivity contribution in [3.8, 4) is 0 Å². The van der Waals surface area contributed by atoms with Crippen molar-refractivity contribution in [2.24, 2.45) is 0 Å². The number of sulfonamides is 1. The van der Waals surface area contributed by atoms with E-state index in [1.807, 2.05) is 30.3 Å². The third-order valence-electron chi connectivity index (χ3n) is 5.59. The van der Waals surface area contributed by atoms with Crippen molar-refractivity contribution < 1.29 is 18.0 Å². The van der Waals surface area contributed by atoms with Crippen LogP contribution in [0, 0.1) is 6.92 Å². The van der Waals surface area contributed by atoms with Crippen LogP contribution in [-0.2, 0) is 21.4 Å². The maximum absolute atomic E-state index is 13.2. The Bertz CT molecular complexity index is 1050. The van der Waals surface area contributed by atoms with Gasteiger partial charge in [0.25, 0.3) is 0 Å². The number of carbonyl (C=O) groups is 2. The number of aryl methyl sites for hydroxylation is 1. The maximum atomic E-state index is 13.2. The molecule has 8 nitrogen and oxygen atoms in total. The standard InChI is InChI=1S/C24H32N4O4S/c1-19-11-12-21(17-22(19)33(31,32)28-15-7-2-3-8-16-28)27-23(29)13-14-25-24(30)26-18-20-9-5-4-6-10-20/h4-6,9-12,17H,2-3,7-8,13-16,18H2,1H3,(H,27,29)(H2,25,26,30). The topological polar surface area (TPSA) is 108 Å². The number of carbonyl (C=O) groups excluding carboxylic acids is 2. The van der Waals surface area contributed by atoms with Crippen molar-refractivity contribution in [2.45, 2.75) is 50.5 Å². The van der Waals surface area contributed by atoms with E-state index in [9.17, 15) is 18.0 Å². The second-order valence-electron chi connectivity index (χ2n) is 8.19. The van der Waals surface area contributed by atoms with Crippen LogP contribution in [0.3, 0.4) is 0 Å². The summed E-state index contributed by atoms with van der Waals surface area (Å²) in [7, 11) is -3.62. The number of amides is 3. The van der Waals surface area contributed by atoms with Crippen molar-refractivity contribution in [1.82, 2.24) is 14.9 Å². The Morgan fingerprint density at radius 1 is 0.939 bits per heavy atom. The molecule has 1 saturated heterocycles. The summed E-state index contributed by atoms with van der Waals surface area (Å²) in [6.45, 7) is 3.37. The van der Waals surface area contributed by atoms with E-state index in [1.54, 1.807) is 23.4 Å². The van der Waals surface area contributed by atoms with Crippen LogP contribution in [0.2, 0.25) is 0 Å². The molecule has 178 valence electrons. The Balaban J connectivity index is 1.51. The van der Waals surface area contributed by atoms with E-state index in [0.717, 1.165) is 31.2 Å². The van der Waals surface area contributed by atoms with Gasteiger partial charge in [0.15, 0.2) is 0 Å². The van der Waals surface area contributed by atoms with Gasteiger partial charge in [0.2, 0.25) is 15.9 Å². The molecule has 0 bridgehead atoms. The normalized spacial score (nSPS) is 14.8. The molecule has 3 N–H and O–H groups in total. The van der Waals surface area contributed by atoms with Crippen LogP contribution in [-0.4, -0.2) is 44.3 Å². The van der Waals surface area contributed by atoms with Gasteiger partial charge in [0, 0.05) is 38.3 Å². The summed E-state index contributed by atoms with van der Waals surface area (Å²) in [5.74, 6) is -0.305. The first kappa shape index (κ1) is 24.7. The van der Waals surface area contributed by atoms with Gasteiger partial charge in [-0.2, -0.15) is 4.31 Å². The fourth-order valence-corrected chi connectivity index (χ4v) is 5.50. The van der Waals surface area contributed by atoms with Gasteiger partial charge in [-0.05, 0) is 43.0 Å². The van der Waals surface area contributed by atoms with Gasteiger partial charge in [-0.25, -0.2) is 13.2 Å². The molecule has 0 saturated carbocycles. The van der Waals surface area contributed by atoms with Gasteiger partial charge < -0.3 is 16.0 Å². The molecule has 0 aromatic heterocycles. The largest absolute Gasteiger partial charge is 0.338 e. The van der Waals surface area contributed by atoms with E-state index in [4.69, 9.17) is 0 Å². The van der Waals surface area contributed by atoms with E-state index in [2.05, 4.69) is 16.0 Å². The Kier molecular flexibility index (Phi) is 8.85. The zero-order chi connectivity index (χ0) is 23.7. The number of nitrogens with one attached hydrogen (secondary N) is 3. The van der Waals surface area contributed by atoms with Crippen molar-refractivity contribution >= 4 is 27.6 Å². The SMILES string of the molecule is Cc1ccc(NC(=O)CCNC(=O)NCc2ccccc2)cc1S(=O)(=O)N1CCCCCC1. The fraction of sp³-hybridized carbons (Fsp3) is 0.417. The Labute approximate surface area is 195 Å². The van der Waals surface area contributed by atoms with Crippen LogP contribution in [0.1, 0.15) is 43.2 Å².